The first-order valence-electron chi connectivity index (χ1n) is 12.7. The summed E-state index contributed by atoms with van der Waals surface area (Å²) in [6, 6.07) is 14.5. The van der Waals surface area contributed by atoms with Gasteiger partial charge in [-0.3, -0.25) is 4.79 Å². The maximum Gasteiger partial charge on any atom is 0.257 e. The zero-order valence-corrected chi connectivity index (χ0v) is 21.5. The van der Waals surface area contributed by atoms with Crippen LogP contribution in [0.1, 0.15) is 36.7 Å². The molecule has 1 aromatic heterocycles. The number of hydrogen-bond acceptors (Lipinski definition) is 4. The van der Waals surface area contributed by atoms with Crippen LogP contribution in [0.2, 0.25) is 5.02 Å². The van der Waals surface area contributed by atoms with E-state index in [-0.39, 0.29) is 11.5 Å². The number of carbonyl (C=O) groups is 1. The zero-order chi connectivity index (χ0) is 26.4. The molecule has 0 radical (unpaired) electrons. The van der Waals surface area contributed by atoms with Crippen LogP contribution in [0.4, 0.5) is 20.2 Å². The van der Waals surface area contributed by atoms with Crippen molar-refractivity contribution in [2.24, 2.45) is 0 Å². The molecule has 1 amide bonds. The second-order valence-electron chi connectivity index (χ2n) is 9.72. The number of carbonyl (C=O) groups excluding carboxylic acids is 1. The number of aromatic amines is 1. The highest BCUT2D eigenvalue weighted by Crippen LogP contribution is 2.41. The summed E-state index contributed by atoms with van der Waals surface area (Å²) in [6.45, 7) is 5.29. The average molecular weight is 534 g/mol. The Kier molecular flexibility index (Phi) is 6.37. The second kappa shape index (κ2) is 9.85. The fourth-order valence-electron chi connectivity index (χ4n) is 5.33. The molecule has 3 N–H and O–H groups in total. The maximum atomic E-state index is 14.4. The first kappa shape index (κ1) is 24.6. The molecule has 0 aliphatic carbocycles. The van der Waals surface area contributed by atoms with E-state index in [0.717, 1.165) is 44.2 Å². The molecular weight excluding hydrogens is 508 g/mol. The van der Waals surface area contributed by atoms with Crippen LogP contribution < -0.4 is 10.6 Å². The van der Waals surface area contributed by atoms with Crippen molar-refractivity contribution >= 4 is 51.1 Å². The Morgan fingerprint density at radius 3 is 2.58 bits per heavy atom. The number of nitrogens with zero attached hydrogens (tertiary/aromatic N) is 2. The van der Waals surface area contributed by atoms with Crippen molar-refractivity contribution in [3.05, 3.63) is 88.2 Å². The average Bonchev–Trinajstić information content (AvgIpc) is 3.44. The number of halogens is 3. The van der Waals surface area contributed by atoms with Gasteiger partial charge in [0.15, 0.2) is 0 Å². The van der Waals surface area contributed by atoms with Gasteiger partial charge in [-0.05, 0) is 73.5 Å². The lowest BCUT2D eigenvalue weighted by molar-refractivity contribution is -0.110. The van der Waals surface area contributed by atoms with Crippen LogP contribution in [0.25, 0.3) is 22.2 Å². The van der Waals surface area contributed by atoms with Gasteiger partial charge in [-0.15, -0.1) is 0 Å². The van der Waals surface area contributed by atoms with Crippen molar-refractivity contribution < 1.29 is 13.6 Å². The van der Waals surface area contributed by atoms with Crippen molar-refractivity contribution in [3.63, 3.8) is 0 Å². The number of aromatic nitrogens is 2. The number of fused-ring (bicyclic) bond motifs is 2. The standard InChI is InChI=1S/C29H26ClF2N5O/c1-2-37-9-7-20(8-10-37)33-21-4-6-23-22(15-21)27(29(38)36-23)26(16-11-18(31)14-19(32)12-16)28-34-24-5-3-17(30)13-25(24)35-28/h3-6,11-15,20,33H,2,7-10H2,1H3,(H,34,35)(H,36,38)/b27-26-. The Morgan fingerprint density at radius 2 is 1.84 bits per heavy atom. The lowest BCUT2D eigenvalue weighted by Gasteiger charge is -2.32. The molecular formula is C29H26ClF2N5O. The monoisotopic (exact) mass is 533 g/mol. The van der Waals surface area contributed by atoms with Crippen LogP contribution in [0.3, 0.4) is 0 Å². The SMILES string of the molecule is CCN1CCC(Nc2ccc3c(c2)/C(=C(\c2cc(F)cc(F)c2)c2nc4cc(Cl)ccc4[nH]2)C(=O)N3)CC1. The minimum absolute atomic E-state index is 0.205. The number of likely N-dealkylation sites (tertiary alicyclic amines) is 1. The van der Waals surface area contributed by atoms with Gasteiger partial charge >= 0.3 is 0 Å². The van der Waals surface area contributed by atoms with Gasteiger partial charge in [0.2, 0.25) is 0 Å². The third kappa shape index (κ3) is 4.66. The van der Waals surface area contributed by atoms with Gasteiger partial charge in [-0.25, -0.2) is 13.8 Å². The Bertz CT molecular complexity index is 1570. The van der Waals surface area contributed by atoms with Crippen LogP contribution in [-0.4, -0.2) is 46.5 Å². The predicted molar refractivity (Wildman–Crippen MR) is 147 cm³/mol. The van der Waals surface area contributed by atoms with Gasteiger partial charge < -0.3 is 20.5 Å². The first-order valence-corrected chi connectivity index (χ1v) is 13.1. The van der Waals surface area contributed by atoms with Crippen molar-refractivity contribution in [1.82, 2.24) is 14.9 Å². The van der Waals surface area contributed by atoms with E-state index in [1.807, 2.05) is 18.2 Å². The van der Waals surface area contributed by atoms with Crippen LogP contribution in [0.15, 0.2) is 54.6 Å². The third-order valence-corrected chi connectivity index (χ3v) is 7.49. The summed E-state index contributed by atoms with van der Waals surface area (Å²) < 4.78 is 28.8. The molecule has 1 saturated heterocycles. The summed E-state index contributed by atoms with van der Waals surface area (Å²) >= 11 is 6.16. The molecule has 38 heavy (non-hydrogen) atoms. The molecule has 6 nitrogen and oxygen atoms in total. The van der Waals surface area contributed by atoms with Crippen LogP contribution >= 0.6 is 11.6 Å². The largest absolute Gasteiger partial charge is 0.382 e. The minimum Gasteiger partial charge on any atom is -0.382 e. The molecule has 2 aliphatic rings. The second-order valence-corrected chi connectivity index (χ2v) is 10.2. The molecule has 194 valence electrons. The number of imidazole rings is 1. The van der Waals surface area contributed by atoms with E-state index in [2.05, 4.69) is 32.4 Å². The topological polar surface area (TPSA) is 73.0 Å². The highest BCUT2D eigenvalue weighted by atomic mass is 35.5. The van der Waals surface area contributed by atoms with E-state index >= 15 is 0 Å². The van der Waals surface area contributed by atoms with E-state index < -0.39 is 11.6 Å². The summed E-state index contributed by atoms with van der Waals surface area (Å²) in [5, 5.41) is 7.02. The third-order valence-electron chi connectivity index (χ3n) is 7.25. The van der Waals surface area contributed by atoms with E-state index in [9.17, 15) is 13.6 Å². The lowest BCUT2D eigenvalue weighted by Crippen LogP contribution is -2.38. The maximum absolute atomic E-state index is 14.4. The smallest absolute Gasteiger partial charge is 0.257 e. The molecule has 3 heterocycles. The van der Waals surface area contributed by atoms with Gasteiger partial charge in [0.1, 0.15) is 17.5 Å². The van der Waals surface area contributed by atoms with Crippen LogP contribution in [0.5, 0.6) is 0 Å². The molecule has 0 unspecified atom stereocenters. The fraction of sp³-hybridized carbons (Fsp3) is 0.241. The molecule has 6 rings (SSSR count). The highest BCUT2D eigenvalue weighted by Gasteiger charge is 2.31. The van der Waals surface area contributed by atoms with Crippen LogP contribution in [-0.2, 0) is 4.79 Å². The quantitative estimate of drug-likeness (QED) is 0.263. The summed E-state index contributed by atoms with van der Waals surface area (Å²) in [4.78, 5) is 23.7. The first-order chi connectivity index (χ1) is 18.4. The number of benzene rings is 3. The molecule has 1 fully saturated rings. The lowest BCUT2D eigenvalue weighted by atomic mass is 9.94. The molecule has 0 saturated carbocycles. The Balaban J connectivity index is 1.48. The van der Waals surface area contributed by atoms with Gasteiger partial charge in [-0.1, -0.05) is 18.5 Å². The van der Waals surface area contributed by atoms with Gasteiger partial charge in [-0.2, -0.15) is 0 Å². The number of amides is 1. The van der Waals surface area contributed by atoms with Crippen LogP contribution in [0, 0.1) is 11.6 Å². The molecule has 0 bridgehead atoms. The minimum atomic E-state index is -0.746. The number of rotatable bonds is 5. The molecule has 4 aromatic rings. The number of nitrogens with one attached hydrogen (secondary N) is 3. The van der Waals surface area contributed by atoms with Crippen molar-refractivity contribution in [2.75, 3.05) is 30.3 Å². The molecule has 2 aliphatic heterocycles. The Morgan fingerprint density at radius 1 is 1.08 bits per heavy atom. The molecule has 9 heteroatoms. The molecule has 0 spiro atoms. The summed E-state index contributed by atoms with van der Waals surface area (Å²) in [6.07, 6.45) is 2.06. The fourth-order valence-corrected chi connectivity index (χ4v) is 5.50. The van der Waals surface area contributed by atoms with E-state index in [0.29, 0.717) is 50.3 Å². The summed E-state index contributed by atoms with van der Waals surface area (Å²) in [5.74, 6) is -1.54. The van der Waals surface area contributed by atoms with E-state index in [4.69, 9.17) is 11.6 Å². The summed E-state index contributed by atoms with van der Waals surface area (Å²) in [5.41, 5.74) is 4.22. The molecule has 3 aromatic carbocycles. The Hall–Kier alpha value is -3.75. The normalized spacial score (nSPS) is 17.5. The Labute approximate surface area is 223 Å². The number of anilines is 2. The highest BCUT2D eigenvalue weighted by molar-refractivity contribution is 6.38. The number of piperidine rings is 1. The van der Waals surface area contributed by atoms with Crippen molar-refractivity contribution in [1.29, 1.82) is 0 Å². The predicted octanol–water partition coefficient (Wildman–Crippen LogP) is 6.30. The van der Waals surface area contributed by atoms with Crippen molar-refractivity contribution in [2.45, 2.75) is 25.8 Å². The summed E-state index contributed by atoms with van der Waals surface area (Å²) in [7, 11) is 0. The van der Waals surface area contributed by atoms with Gasteiger partial charge in [0.05, 0.1) is 16.6 Å². The van der Waals surface area contributed by atoms with Crippen molar-refractivity contribution in [3.8, 4) is 0 Å². The zero-order valence-electron chi connectivity index (χ0n) is 20.7. The number of H-pyrrole nitrogens is 1. The molecule has 0 atom stereocenters. The van der Waals surface area contributed by atoms with Gasteiger partial charge in [0.25, 0.3) is 5.91 Å². The number of hydrogen-bond donors (Lipinski definition) is 3. The van der Waals surface area contributed by atoms with E-state index in [1.165, 1.54) is 12.1 Å². The van der Waals surface area contributed by atoms with Gasteiger partial charge in [0, 0.05) is 52.7 Å². The van der Waals surface area contributed by atoms with E-state index in [1.54, 1.807) is 18.2 Å².